The van der Waals surface area contributed by atoms with E-state index in [0.29, 0.717) is 17.0 Å². The number of esters is 2. The van der Waals surface area contributed by atoms with Gasteiger partial charge >= 0.3 is 11.9 Å². The van der Waals surface area contributed by atoms with Crippen molar-refractivity contribution in [3.63, 3.8) is 0 Å². The van der Waals surface area contributed by atoms with Crippen molar-refractivity contribution in [2.45, 2.75) is 25.4 Å². The van der Waals surface area contributed by atoms with Gasteiger partial charge in [0.05, 0.1) is 19.1 Å². The molecule has 1 aliphatic heterocycles. The van der Waals surface area contributed by atoms with Crippen LogP contribution in [0.25, 0.3) is 6.08 Å². The fourth-order valence-electron chi connectivity index (χ4n) is 3.24. The minimum Gasteiger partial charge on any atom is -0.469 e. The molecule has 3 amide bonds. The summed E-state index contributed by atoms with van der Waals surface area (Å²) in [5.74, 6) is -2.00. The van der Waals surface area contributed by atoms with E-state index in [4.69, 9.17) is 4.74 Å². The van der Waals surface area contributed by atoms with Crippen LogP contribution < -0.4 is 16.0 Å². The second kappa shape index (κ2) is 12.5. The molecule has 3 rings (SSSR count). The highest BCUT2D eigenvalue weighted by Gasteiger charge is 2.25. The number of anilines is 1. The molecule has 0 aliphatic carbocycles. The predicted molar refractivity (Wildman–Crippen MR) is 134 cm³/mol. The van der Waals surface area contributed by atoms with Crippen molar-refractivity contribution in [2.24, 2.45) is 0 Å². The summed E-state index contributed by atoms with van der Waals surface area (Å²) in [6.45, 7) is 0.522. The van der Waals surface area contributed by atoms with Crippen LogP contribution in [0.5, 0.6) is 0 Å². The fourth-order valence-corrected chi connectivity index (χ4v) is 3.93. The van der Waals surface area contributed by atoms with Gasteiger partial charge in [0, 0.05) is 24.2 Å². The molecule has 0 aromatic heterocycles. The maximum Gasteiger partial charge on any atom is 0.328 e. The average molecular weight is 512 g/mol. The SMILES string of the molecule is COC(=O)CC[C@@H](NC(=O)c1ccc(NCc2ccc(/C=C3\SC(=O)NC3=O)cc2)cc1)C(=O)OC. The second-order valence-electron chi connectivity index (χ2n) is 7.69. The minimum absolute atomic E-state index is 0.0359. The molecule has 36 heavy (non-hydrogen) atoms. The molecule has 2 aromatic rings. The van der Waals surface area contributed by atoms with Crippen molar-refractivity contribution >= 4 is 52.5 Å². The van der Waals surface area contributed by atoms with Crippen LogP contribution in [0.15, 0.2) is 53.4 Å². The first-order valence-electron chi connectivity index (χ1n) is 10.9. The standard InChI is InChI=1S/C25H25N3O7S/c1-34-21(29)12-11-19(24(32)35-2)27-22(30)17-7-9-18(10-8-17)26-14-16-5-3-15(4-6-16)13-20-23(31)28-25(33)36-20/h3-10,13,19,26H,11-12,14H2,1-2H3,(H,27,30)(H,28,31,33)/b20-13-/t19-/m1/s1. The number of carbonyl (C=O) groups is 5. The van der Waals surface area contributed by atoms with Crippen LogP contribution in [-0.4, -0.2) is 49.3 Å². The van der Waals surface area contributed by atoms with E-state index in [2.05, 4.69) is 20.7 Å². The molecule has 11 heteroatoms. The second-order valence-corrected chi connectivity index (χ2v) is 8.70. The molecule has 0 bridgehead atoms. The largest absolute Gasteiger partial charge is 0.469 e. The van der Waals surface area contributed by atoms with Crippen LogP contribution in [0.1, 0.15) is 34.3 Å². The smallest absolute Gasteiger partial charge is 0.328 e. The highest BCUT2D eigenvalue weighted by atomic mass is 32.2. The Morgan fingerprint density at radius 3 is 2.28 bits per heavy atom. The number of amides is 3. The lowest BCUT2D eigenvalue weighted by Crippen LogP contribution is -2.41. The summed E-state index contributed by atoms with van der Waals surface area (Å²) in [5, 5.41) is 7.68. The highest BCUT2D eigenvalue weighted by molar-refractivity contribution is 8.18. The van der Waals surface area contributed by atoms with Gasteiger partial charge in [-0.2, -0.15) is 0 Å². The lowest BCUT2D eigenvalue weighted by Gasteiger charge is -2.16. The van der Waals surface area contributed by atoms with Gasteiger partial charge in [-0.25, -0.2) is 4.79 Å². The highest BCUT2D eigenvalue weighted by Crippen LogP contribution is 2.25. The Kier molecular flexibility index (Phi) is 9.23. The number of benzene rings is 2. The third-order valence-corrected chi connectivity index (χ3v) is 6.03. The molecule has 1 aliphatic rings. The predicted octanol–water partition coefficient (Wildman–Crippen LogP) is 2.85. The first-order chi connectivity index (χ1) is 17.3. The van der Waals surface area contributed by atoms with Crippen LogP contribution in [-0.2, 0) is 30.4 Å². The molecule has 3 N–H and O–H groups in total. The zero-order chi connectivity index (χ0) is 26.1. The number of carbonyl (C=O) groups excluding carboxylic acids is 5. The summed E-state index contributed by atoms with van der Waals surface area (Å²) < 4.78 is 9.28. The van der Waals surface area contributed by atoms with E-state index in [1.54, 1.807) is 30.3 Å². The molecule has 188 valence electrons. The summed E-state index contributed by atoms with van der Waals surface area (Å²) in [7, 11) is 2.46. The molecule has 0 unspecified atom stereocenters. The Morgan fingerprint density at radius 1 is 1.00 bits per heavy atom. The van der Waals surface area contributed by atoms with Crippen molar-refractivity contribution in [1.29, 1.82) is 0 Å². The van der Waals surface area contributed by atoms with Crippen LogP contribution in [0.3, 0.4) is 0 Å². The van der Waals surface area contributed by atoms with Crippen molar-refractivity contribution < 1.29 is 33.4 Å². The van der Waals surface area contributed by atoms with Gasteiger partial charge in [-0.05, 0) is 59.7 Å². The van der Waals surface area contributed by atoms with E-state index in [1.165, 1.54) is 14.2 Å². The number of rotatable bonds is 10. The Morgan fingerprint density at radius 2 is 1.69 bits per heavy atom. The molecule has 0 spiro atoms. The van der Waals surface area contributed by atoms with Crippen molar-refractivity contribution in [3.05, 3.63) is 70.1 Å². The molecular formula is C25H25N3O7S. The van der Waals surface area contributed by atoms with E-state index < -0.39 is 29.8 Å². The number of methoxy groups -OCH3 is 2. The van der Waals surface area contributed by atoms with Crippen molar-refractivity contribution in [1.82, 2.24) is 10.6 Å². The summed E-state index contributed by atoms with van der Waals surface area (Å²) in [5.41, 5.74) is 2.92. The molecule has 1 heterocycles. The van der Waals surface area contributed by atoms with Gasteiger partial charge in [-0.15, -0.1) is 0 Å². The Bertz CT molecular complexity index is 1180. The van der Waals surface area contributed by atoms with Gasteiger partial charge in [0.1, 0.15) is 6.04 Å². The number of ether oxygens (including phenoxy) is 2. The van der Waals surface area contributed by atoms with E-state index in [9.17, 15) is 24.0 Å². The molecule has 10 nitrogen and oxygen atoms in total. The minimum atomic E-state index is -0.972. The summed E-state index contributed by atoms with van der Waals surface area (Å²) in [6.07, 6.45) is 1.68. The zero-order valence-electron chi connectivity index (χ0n) is 19.7. The first kappa shape index (κ1) is 26.5. The Hall–Kier alpha value is -4.12. The summed E-state index contributed by atoms with van der Waals surface area (Å²) in [6, 6.07) is 13.3. The van der Waals surface area contributed by atoms with Crippen molar-refractivity contribution in [2.75, 3.05) is 19.5 Å². The lowest BCUT2D eigenvalue weighted by molar-refractivity contribution is -0.144. The maximum atomic E-state index is 12.6. The first-order valence-corrected chi connectivity index (χ1v) is 11.7. The van der Waals surface area contributed by atoms with Crippen LogP contribution in [0, 0.1) is 0 Å². The molecule has 0 saturated carbocycles. The van der Waals surface area contributed by atoms with Gasteiger partial charge in [-0.1, -0.05) is 24.3 Å². The quantitative estimate of drug-likeness (QED) is 0.324. The zero-order valence-corrected chi connectivity index (χ0v) is 20.5. The third-order valence-electron chi connectivity index (χ3n) is 5.22. The topological polar surface area (TPSA) is 140 Å². The monoisotopic (exact) mass is 511 g/mol. The number of hydrogen-bond acceptors (Lipinski definition) is 9. The van der Waals surface area contributed by atoms with Crippen molar-refractivity contribution in [3.8, 4) is 0 Å². The van der Waals surface area contributed by atoms with Crippen LogP contribution in [0.4, 0.5) is 10.5 Å². The van der Waals surface area contributed by atoms with E-state index in [1.807, 2.05) is 24.3 Å². The summed E-state index contributed by atoms with van der Waals surface area (Å²) >= 11 is 0.872. The van der Waals surface area contributed by atoms with Crippen LogP contribution in [0.2, 0.25) is 0 Å². The average Bonchev–Trinajstić information content (AvgIpc) is 3.21. The molecule has 1 fully saturated rings. The molecular weight excluding hydrogens is 486 g/mol. The van der Waals surface area contributed by atoms with E-state index >= 15 is 0 Å². The molecule has 1 atom stereocenters. The fraction of sp³-hybridized carbons (Fsp3) is 0.240. The lowest BCUT2D eigenvalue weighted by atomic mass is 10.1. The Labute approximate surface area is 211 Å². The van der Waals surface area contributed by atoms with Crippen LogP contribution >= 0.6 is 11.8 Å². The molecule has 0 radical (unpaired) electrons. The van der Waals surface area contributed by atoms with Gasteiger partial charge in [0.2, 0.25) is 0 Å². The number of hydrogen-bond donors (Lipinski definition) is 3. The van der Waals surface area contributed by atoms with Gasteiger partial charge in [0.25, 0.3) is 17.1 Å². The molecule has 2 aromatic carbocycles. The number of imide groups is 1. The molecule has 1 saturated heterocycles. The number of thioether (sulfide) groups is 1. The third kappa shape index (κ3) is 7.44. The summed E-state index contributed by atoms with van der Waals surface area (Å²) in [4.78, 5) is 59.2. The number of nitrogens with one attached hydrogen (secondary N) is 3. The maximum absolute atomic E-state index is 12.6. The van der Waals surface area contributed by atoms with Gasteiger partial charge in [-0.3, -0.25) is 24.5 Å². The normalized spacial score (nSPS) is 14.7. The van der Waals surface area contributed by atoms with E-state index in [-0.39, 0.29) is 18.1 Å². The van der Waals surface area contributed by atoms with Gasteiger partial charge in [0.15, 0.2) is 0 Å². The van der Waals surface area contributed by atoms with E-state index in [0.717, 1.165) is 28.6 Å². The Balaban J connectivity index is 1.54. The van der Waals surface area contributed by atoms with Gasteiger partial charge < -0.3 is 20.1 Å².